The molecule has 5 heteroatoms. The third-order valence-electron chi connectivity index (χ3n) is 3.13. The molecule has 17 heavy (non-hydrogen) atoms. The van der Waals surface area contributed by atoms with Crippen molar-refractivity contribution in [2.75, 3.05) is 13.6 Å². The standard InChI is InChI=1S/C12H18N2O2S/c1-8-3-4-17-11(8)7-14(2)12(16)10-5-9(15)6-13-10/h3-4,9-10,13,15H,5-7H2,1-2H3. The second kappa shape index (κ2) is 5.16. The summed E-state index contributed by atoms with van der Waals surface area (Å²) in [4.78, 5) is 15.0. The van der Waals surface area contributed by atoms with Crippen molar-refractivity contribution in [3.63, 3.8) is 0 Å². The van der Waals surface area contributed by atoms with Crippen molar-refractivity contribution >= 4 is 17.2 Å². The molecular formula is C12H18N2O2S. The van der Waals surface area contributed by atoms with Crippen LogP contribution < -0.4 is 5.32 Å². The Morgan fingerprint density at radius 2 is 2.47 bits per heavy atom. The predicted octanol–water partition coefficient (Wildman–Crippen LogP) is 0.738. The van der Waals surface area contributed by atoms with Gasteiger partial charge in [0.25, 0.3) is 0 Å². The first-order valence-corrected chi connectivity index (χ1v) is 6.65. The fourth-order valence-corrected chi connectivity index (χ4v) is 2.99. The van der Waals surface area contributed by atoms with Gasteiger partial charge in [-0.3, -0.25) is 4.79 Å². The second-order valence-corrected chi connectivity index (χ2v) is 5.57. The van der Waals surface area contributed by atoms with Crippen LogP contribution in [0.1, 0.15) is 16.9 Å². The van der Waals surface area contributed by atoms with Gasteiger partial charge < -0.3 is 15.3 Å². The minimum atomic E-state index is -0.388. The van der Waals surface area contributed by atoms with Crippen LogP contribution in [0.3, 0.4) is 0 Å². The van der Waals surface area contributed by atoms with Crippen molar-refractivity contribution in [3.05, 3.63) is 21.9 Å². The van der Waals surface area contributed by atoms with E-state index >= 15 is 0 Å². The zero-order valence-electron chi connectivity index (χ0n) is 10.1. The lowest BCUT2D eigenvalue weighted by Crippen LogP contribution is -2.41. The zero-order chi connectivity index (χ0) is 12.4. The van der Waals surface area contributed by atoms with Gasteiger partial charge in [0.1, 0.15) is 0 Å². The summed E-state index contributed by atoms with van der Waals surface area (Å²) in [5.74, 6) is 0.0642. The van der Waals surface area contributed by atoms with Crippen molar-refractivity contribution in [1.82, 2.24) is 10.2 Å². The molecule has 4 nitrogen and oxygen atoms in total. The molecule has 0 radical (unpaired) electrons. The zero-order valence-corrected chi connectivity index (χ0v) is 11.0. The van der Waals surface area contributed by atoms with Gasteiger partial charge in [0.2, 0.25) is 5.91 Å². The molecule has 1 aliphatic rings. The number of β-amino-alcohol motifs (C(OH)–C–C–N with tert-alkyl or cyclic N) is 1. The van der Waals surface area contributed by atoms with Crippen molar-refractivity contribution in [2.24, 2.45) is 0 Å². The molecule has 2 heterocycles. The minimum absolute atomic E-state index is 0.0642. The van der Waals surface area contributed by atoms with Crippen LogP contribution in [0.4, 0.5) is 0 Å². The molecule has 1 amide bonds. The average Bonchev–Trinajstić information content (AvgIpc) is 2.88. The molecule has 94 valence electrons. The first kappa shape index (κ1) is 12.5. The van der Waals surface area contributed by atoms with Crippen LogP contribution in [-0.2, 0) is 11.3 Å². The molecule has 0 spiro atoms. The molecule has 1 aromatic rings. The maximum absolute atomic E-state index is 12.1. The van der Waals surface area contributed by atoms with Gasteiger partial charge >= 0.3 is 0 Å². The molecule has 2 N–H and O–H groups in total. The summed E-state index contributed by atoms with van der Waals surface area (Å²) >= 11 is 1.67. The van der Waals surface area contributed by atoms with Gasteiger partial charge in [-0.25, -0.2) is 0 Å². The lowest BCUT2D eigenvalue weighted by Gasteiger charge is -2.20. The number of aliphatic hydroxyl groups is 1. The Morgan fingerprint density at radius 1 is 1.71 bits per heavy atom. The highest BCUT2D eigenvalue weighted by Crippen LogP contribution is 2.18. The maximum atomic E-state index is 12.1. The highest BCUT2D eigenvalue weighted by Gasteiger charge is 2.30. The number of nitrogens with one attached hydrogen (secondary N) is 1. The average molecular weight is 254 g/mol. The Morgan fingerprint density at radius 3 is 3.00 bits per heavy atom. The second-order valence-electron chi connectivity index (χ2n) is 4.57. The number of carbonyl (C=O) groups excluding carboxylic acids is 1. The fraction of sp³-hybridized carbons (Fsp3) is 0.583. The Labute approximate surface area is 105 Å². The fourth-order valence-electron chi connectivity index (χ4n) is 2.03. The van der Waals surface area contributed by atoms with E-state index in [-0.39, 0.29) is 18.1 Å². The smallest absolute Gasteiger partial charge is 0.239 e. The minimum Gasteiger partial charge on any atom is -0.392 e. The van der Waals surface area contributed by atoms with E-state index in [2.05, 4.69) is 18.3 Å². The topological polar surface area (TPSA) is 52.6 Å². The van der Waals surface area contributed by atoms with E-state index in [9.17, 15) is 9.90 Å². The van der Waals surface area contributed by atoms with E-state index in [0.29, 0.717) is 19.5 Å². The molecule has 2 unspecified atom stereocenters. The van der Waals surface area contributed by atoms with Crippen molar-refractivity contribution < 1.29 is 9.90 Å². The Bertz CT molecular complexity index is 405. The van der Waals surface area contributed by atoms with E-state index in [4.69, 9.17) is 0 Å². The van der Waals surface area contributed by atoms with Crippen LogP contribution in [0, 0.1) is 6.92 Å². The number of amides is 1. The quantitative estimate of drug-likeness (QED) is 0.836. The maximum Gasteiger partial charge on any atom is 0.239 e. The van der Waals surface area contributed by atoms with Gasteiger partial charge in [-0.05, 0) is 30.4 Å². The van der Waals surface area contributed by atoms with Gasteiger partial charge in [-0.1, -0.05) is 0 Å². The summed E-state index contributed by atoms with van der Waals surface area (Å²) < 4.78 is 0. The van der Waals surface area contributed by atoms with E-state index in [1.54, 1.807) is 16.2 Å². The van der Waals surface area contributed by atoms with E-state index in [1.807, 2.05) is 12.4 Å². The monoisotopic (exact) mass is 254 g/mol. The van der Waals surface area contributed by atoms with Crippen LogP contribution in [0.25, 0.3) is 0 Å². The Balaban J connectivity index is 1.94. The molecule has 1 aliphatic heterocycles. The third-order valence-corrected chi connectivity index (χ3v) is 4.14. The van der Waals surface area contributed by atoms with Crippen LogP contribution in [0.5, 0.6) is 0 Å². The summed E-state index contributed by atoms with van der Waals surface area (Å²) in [7, 11) is 1.81. The molecule has 1 saturated heterocycles. The molecule has 1 fully saturated rings. The highest BCUT2D eigenvalue weighted by atomic mass is 32.1. The Kier molecular flexibility index (Phi) is 3.81. The molecule has 0 aliphatic carbocycles. The normalized spacial score (nSPS) is 23.9. The summed E-state index contributed by atoms with van der Waals surface area (Å²) in [6.45, 7) is 3.22. The molecule has 0 aromatic carbocycles. The number of aliphatic hydroxyl groups excluding tert-OH is 1. The molecule has 1 aromatic heterocycles. The lowest BCUT2D eigenvalue weighted by atomic mass is 10.2. The van der Waals surface area contributed by atoms with Gasteiger partial charge in [-0.15, -0.1) is 11.3 Å². The number of hydrogen-bond acceptors (Lipinski definition) is 4. The number of carbonyl (C=O) groups is 1. The van der Waals surface area contributed by atoms with Crippen molar-refractivity contribution in [1.29, 1.82) is 0 Å². The molecule has 2 atom stereocenters. The summed E-state index contributed by atoms with van der Waals surface area (Å²) in [5, 5.41) is 14.5. The predicted molar refractivity (Wildman–Crippen MR) is 67.9 cm³/mol. The molecule has 0 saturated carbocycles. The van der Waals surface area contributed by atoms with Crippen molar-refractivity contribution in [3.8, 4) is 0 Å². The number of aryl methyl sites for hydroxylation is 1. The number of likely N-dealkylation sites (N-methyl/N-ethyl adjacent to an activating group) is 1. The lowest BCUT2D eigenvalue weighted by molar-refractivity contribution is -0.132. The molecular weight excluding hydrogens is 236 g/mol. The van der Waals surface area contributed by atoms with Gasteiger partial charge in [0.05, 0.1) is 18.7 Å². The first-order chi connectivity index (χ1) is 8.08. The van der Waals surface area contributed by atoms with Crippen LogP contribution >= 0.6 is 11.3 Å². The summed E-state index contributed by atoms with van der Waals surface area (Å²) in [5.41, 5.74) is 1.23. The highest BCUT2D eigenvalue weighted by molar-refractivity contribution is 7.10. The van der Waals surface area contributed by atoms with Gasteiger partial charge in [0.15, 0.2) is 0 Å². The first-order valence-electron chi connectivity index (χ1n) is 5.77. The molecule has 2 rings (SSSR count). The van der Waals surface area contributed by atoms with Gasteiger partial charge in [-0.2, -0.15) is 0 Å². The Hall–Kier alpha value is -0.910. The van der Waals surface area contributed by atoms with Crippen LogP contribution in [-0.4, -0.2) is 41.7 Å². The number of rotatable bonds is 3. The van der Waals surface area contributed by atoms with E-state index < -0.39 is 0 Å². The van der Waals surface area contributed by atoms with E-state index in [0.717, 1.165) is 0 Å². The van der Waals surface area contributed by atoms with Gasteiger partial charge in [0, 0.05) is 18.5 Å². The third kappa shape index (κ3) is 2.86. The summed E-state index contributed by atoms with van der Waals surface area (Å²) in [6.07, 6.45) is 0.132. The SMILES string of the molecule is Cc1ccsc1CN(C)C(=O)C1CC(O)CN1. The van der Waals surface area contributed by atoms with Crippen LogP contribution in [0.2, 0.25) is 0 Å². The number of thiophene rings is 1. The summed E-state index contributed by atoms with van der Waals surface area (Å²) in [6, 6.07) is 1.84. The van der Waals surface area contributed by atoms with Crippen molar-refractivity contribution in [2.45, 2.75) is 32.0 Å². The largest absolute Gasteiger partial charge is 0.392 e. The molecule has 0 bridgehead atoms. The van der Waals surface area contributed by atoms with E-state index in [1.165, 1.54) is 10.4 Å². The number of hydrogen-bond donors (Lipinski definition) is 2. The number of nitrogens with zero attached hydrogens (tertiary/aromatic N) is 1. The van der Waals surface area contributed by atoms with Crippen LogP contribution in [0.15, 0.2) is 11.4 Å².